The molecule has 0 atom stereocenters. The lowest BCUT2D eigenvalue weighted by Crippen LogP contribution is -2.04. The van der Waals surface area contributed by atoms with Crippen molar-refractivity contribution in [2.24, 2.45) is 0 Å². The van der Waals surface area contributed by atoms with Crippen molar-refractivity contribution < 1.29 is 23.1 Å². The van der Waals surface area contributed by atoms with Crippen LogP contribution in [0.5, 0.6) is 0 Å². The number of carboxylic acid groups (broad SMARTS) is 1. The largest absolute Gasteiger partial charge is 0.481 e. The summed E-state index contributed by atoms with van der Waals surface area (Å²) < 4.78 is 36.0. The predicted octanol–water partition coefficient (Wildman–Crippen LogP) is 1.45. The van der Waals surface area contributed by atoms with Crippen LogP contribution in [0.25, 0.3) is 0 Å². The fourth-order valence-corrected chi connectivity index (χ4v) is 0.877. The molecule has 1 rings (SSSR count). The Hall–Kier alpha value is -1.53. The molecule has 78 valence electrons. The van der Waals surface area contributed by atoms with Gasteiger partial charge in [-0.15, -0.1) is 0 Å². The van der Waals surface area contributed by atoms with E-state index in [0.717, 1.165) is 6.07 Å². The fraction of sp³-hybridized carbons (Fsp3) is 0.429. The summed E-state index contributed by atoms with van der Waals surface area (Å²) in [7, 11) is 0. The van der Waals surface area contributed by atoms with E-state index in [1.54, 1.807) is 0 Å². The molecule has 7 heteroatoms. The highest BCUT2D eigenvalue weighted by Crippen LogP contribution is 2.27. The molecule has 1 aromatic heterocycles. The van der Waals surface area contributed by atoms with Crippen LogP contribution in [0.2, 0.25) is 0 Å². The molecule has 0 aliphatic rings. The molecule has 0 bridgehead atoms. The number of carboxylic acids is 1. The zero-order valence-electron chi connectivity index (χ0n) is 6.93. The molecule has 0 saturated carbocycles. The SMILES string of the molecule is O=C(O)CCc1cc(C(F)(F)F)n[nH]1. The van der Waals surface area contributed by atoms with Crippen molar-refractivity contribution in [3.63, 3.8) is 0 Å². The smallest absolute Gasteiger partial charge is 0.435 e. The topological polar surface area (TPSA) is 66.0 Å². The normalized spacial score (nSPS) is 11.6. The van der Waals surface area contributed by atoms with Crippen molar-refractivity contribution in [2.45, 2.75) is 19.0 Å². The summed E-state index contributed by atoms with van der Waals surface area (Å²) in [5.41, 5.74) is -0.863. The Morgan fingerprint density at radius 3 is 2.64 bits per heavy atom. The van der Waals surface area contributed by atoms with Gasteiger partial charge in [-0.25, -0.2) is 0 Å². The monoisotopic (exact) mass is 208 g/mol. The standard InChI is InChI=1S/C7H7F3N2O2/c8-7(9,10)5-3-4(11-12-5)1-2-6(13)14/h3H,1-2H2,(H,11,12)(H,13,14). The van der Waals surface area contributed by atoms with Gasteiger partial charge in [-0.3, -0.25) is 9.89 Å². The van der Waals surface area contributed by atoms with Crippen LogP contribution in [0.4, 0.5) is 13.2 Å². The summed E-state index contributed by atoms with van der Waals surface area (Å²) in [5.74, 6) is -1.06. The maximum absolute atomic E-state index is 12.0. The number of hydrogen-bond donors (Lipinski definition) is 2. The molecule has 0 unspecified atom stereocenters. The first-order chi connectivity index (χ1) is 6.39. The number of aryl methyl sites for hydroxylation is 1. The molecule has 1 aromatic rings. The Balaban J connectivity index is 2.64. The first kappa shape index (κ1) is 10.6. The number of halogens is 3. The van der Waals surface area contributed by atoms with Gasteiger partial charge in [0.05, 0.1) is 6.42 Å². The van der Waals surface area contributed by atoms with Crippen LogP contribution in [-0.2, 0) is 17.4 Å². The van der Waals surface area contributed by atoms with Crippen LogP contribution < -0.4 is 0 Å². The van der Waals surface area contributed by atoms with E-state index in [0.29, 0.717) is 0 Å². The maximum atomic E-state index is 12.0. The minimum atomic E-state index is -4.49. The van der Waals surface area contributed by atoms with E-state index < -0.39 is 17.8 Å². The van der Waals surface area contributed by atoms with E-state index in [-0.39, 0.29) is 18.5 Å². The van der Waals surface area contributed by atoms with E-state index in [2.05, 4.69) is 10.2 Å². The molecular weight excluding hydrogens is 201 g/mol. The van der Waals surface area contributed by atoms with Crippen LogP contribution in [0, 0.1) is 0 Å². The van der Waals surface area contributed by atoms with Crippen molar-refractivity contribution in [2.75, 3.05) is 0 Å². The number of aliphatic carboxylic acids is 1. The molecule has 14 heavy (non-hydrogen) atoms. The Labute approximate surface area is 76.7 Å². The predicted molar refractivity (Wildman–Crippen MR) is 39.5 cm³/mol. The molecule has 0 amide bonds. The minimum absolute atomic E-state index is 0.0123. The lowest BCUT2D eigenvalue weighted by atomic mass is 10.2. The molecule has 2 N–H and O–H groups in total. The van der Waals surface area contributed by atoms with Gasteiger partial charge in [0.2, 0.25) is 0 Å². The third-order valence-electron chi connectivity index (χ3n) is 1.53. The van der Waals surface area contributed by atoms with Gasteiger partial charge in [0.1, 0.15) is 0 Å². The molecule has 4 nitrogen and oxygen atoms in total. The van der Waals surface area contributed by atoms with Crippen molar-refractivity contribution in [1.82, 2.24) is 10.2 Å². The number of aromatic amines is 1. The second kappa shape index (κ2) is 3.69. The van der Waals surface area contributed by atoms with Gasteiger partial charge in [-0.05, 0) is 12.5 Å². The molecule has 0 saturated heterocycles. The summed E-state index contributed by atoms with van der Waals surface area (Å²) in [6.45, 7) is 0. The second-order valence-corrected chi connectivity index (χ2v) is 2.67. The number of carbonyl (C=O) groups is 1. The van der Waals surface area contributed by atoms with Gasteiger partial charge >= 0.3 is 12.1 Å². The number of alkyl halides is 3. The van der Waals surface area contributed by atoms with Crippen LogP contribution in [-0.4, -0.2) is 21.3 Å². The van der Waals surface area contributed by atoms with Gasteiger partial charge in [0, 0.05) is 5.69 Å². The number of hydrogen-bond acceptors (Lipinski definition) is 2. The summed E-state index contributed by atoms with van der Waals surface area (Å²) >= 11 is 0. The molecule has 0 aliphatic heterocycles. The lowest BCUT2D eigenvalue weighted by Gasteiger charge is -1.98. The van der Waals surface area contributed by atoms with Gasteiger partial charge in [0.15, 0.2) is 5.69 Å². The minimum Gasteiger partial charge on any atom is -0.481 e. The number of nitrogens with one attached hydrogen (secondary N) is 1. The fourth-order valence-electron chi connectivity index (χ4n) is 0.877. The molecular formula is C7H7F3N2O2. The van der Waals surface area contributed by atoms with Crippen molar-refractivity contribution in [3.05, 3.63) is 17.5 Å². The number of H-pyrrole nitrogens is 1. The van der Waals surface area contributed by atoms with Crippen molar-refractivity contribution in [1.29, 1.82) is 0 Å². The van der Waals surface area contributed by atoms with Crippen LogP contribution in [0.1, 0.15) is 17.8 Å². The first-order valence-corrected chi connectivity index (χ1v) is 3.73. The third kappa shape index (κ3) is 2.75. The molecule has 1 heterocycles. The Bertz CT molecular complexity index is 332. The summed E-state index contributed by atoms with van der Waals surface area (Å²) in [6.07, 6.45) is -4.70. The van der Waals surface area contributed by atoms with Crippen molar-refractivity contribution in [3.8, 4) is 0 Å². The average molecular weight is 208 g/mol. The van der Waals surface area contributed by atoms with Crippen LogP contribution >= 0.6 is 0 Å². The van der Waals surface area contributed by atoms with E-state index in [1.807, 2.05) is 0 Å². The van der Waals surface area contributed by atoms with E-state index in [9.17, 15) is 18.0 Å². The van der Waals surface area contributed by atoms with E-state index in [1.165, 1.54) is 0 Å². The third-order valence-corrected chi connectivity index (χ3v) is 1.53. The maximum Gasteiger partial charge on any atom is 0.435 e. The highest BCUT2D eigenvalue weighted by Gasteiger charge is 2.33. The van der Waals surface area contributed by atoms with Crippen molar-refractivity contribution >= 4 is 5.97 Å². The molecule has 0 fully saturated rings. The quantitative estimate of drug-likeness (QED) is 0.789. The van der Waals surface area contributed by atoms with Gasteiger partial charge < -0.3 is 5.11 Å². The summed E-state index contributed by atoms with van der Waals surface area (Å²) in [5, 5.41) is 13.4. The second-order valence-electron chi connectivity index (χ2n) is 2.67. The molecule has 0 spiro atoms. The molecule has 0 radical (unpaired) electrons. The van der Waals surface area contributed by atoms with E-state index in [4.69, 9.17) is 5.11 Å². The highest BCUT2D eigenvalue weighted by atomic mass is 19.4. The van der Waals surface area contributed by atoms with Gasteiger partial charge in [-0.2, -0.15) is 18.3 Å². The molecule has 0 aromatic carbocycles. The summed E-state index contributed by atoms with van der Waals surface area (Å²) in [4.78, 5) is 10.1. The van der Waals surface area contributed by atoms with Crippen LogP contribution in [0.3, 0.4) is 0 Å². The first-order valence-electron chi connectivity index (χ1n) is 3.73. The zero-order chi connectivity index (χ0) is 10.8. The number of nitrogens with zero attached hydrogens (tertiary/aromatic N) is 1. The molecule has 0 aliphatic carbocycles. The zero-order valence-corrected chi connectivity index (χ0v) is 6.93. The number of aromatic nitrogens is 2. The van der Waals surface area contributed by atoms with Gasteiger partial charge in [-0.1, -0.05) is 0 Å². The Morgan fingerprint density at radius 1 is 1.57 bits per heavy atom. The lowest BCUT2D eigenvalue weighted by molar-refractivity contribution is -0.141. The van der Waals surface area contributed by atoms with E-state index >= 15 is 0 Å². The Kier molecular flexibility index (Phi) is 2.78. The number of rotatable bonds is 3. The van der Waals surface area contributed by atoms with Crippen LogP contribution in [0.15, 0.2) is 6.07 Å². The van der Waals surface area contributed by atoms with Gasteiger partial charge in [0.25, 0.3) is 0 Å². The Morgan fingerprint density at radius 2 is 2.21 bits per heavy atom. The summed E-state index contributed by atoms with van der Waals surface area (Å²) in [6, 6.07) is 0.808. The average Bonchev–Trinajstić information content (AvgIpc) is 2.47. The highest BCUT2D eigenvalue weighted by molar-refractivity contribution is 5.66.